The second-order valence-electron chi connectivity index (χ2n) is 13.6. The van der Waals surface area contributed by atoms with E-state index in [1.54, 1.807) is 0 Å². The van der Waals surface area contributed by atoms with E-state index >= 15 is 0 Å². The number of benzene rings is 4. The van der Waals surface area contributed by atoms with Crippen LogP contribution in [-0.4, -0.2) is 19.9 Å². The second kappa shape index (κ2) is 16.9. The minimum atomic E-state index is -2.16. The van der Waals surface area contributed by atoms with Gasteiger partial charge in [-0.1, -0.05) is 0 Å². The molecule has 0 atom stereocenters. The number of H-pyrrole nitrogens is 2. The number of nitrogens with two attached hydrogens (primary N) is 4. The van der Waals surface area contributed by atoms with Crippen LogP contribution in [0.3, 0.4) is 0 Å². The molecule has 9 heteroatoms. The topological polar surface area (TPSA) is 161 Å². The SMILES string of the molecule is C1=Cc2cc3ccc(cc4nc(cc5ccc(cc1n2)[nH]5)C=C4)[nH]3.NCc1cc[c]([Co]([c]2ccc(CN)cc2)([c]2ccc(CN)cc2)[c]2ccc(CN)cc2)cc1. The summed E-state index contributed by atoms with van der Waals surface area (Å²) in [6, 6.07) is 51.4. The Hall–Kier alpha value is -6.17. The number of aromatic nitrogens is 4. The van der Waals surface area contributed by atoms with Crippen molar-refractivity contribution < 1.29 is 12.6 Å². The van der Waals surface area contributed by atoms with Gasteiger partial charge in [0.15, 0.2) is 0 Å². The summed E-state index contributed by atoms with van der Waals surface area (Å²) < 4.78 is 5.11. The van der Waals surface area contributed by atoms with Crippen molar-refractivity contribution in [2.75, 3.05) is 0 Å². The van der Waals surface area contributed by atoms with Crippen molar-refractivity contribution in [2.24, 2.45) is 22.9 Å². The molecule has 0 spiro atoms. The second-order valence-corrected chi connectivity index (χ2v) is 17.6. The van der Waals surface area contributed by atoms with Gasteiger partial charge >= 0.3 is 199 Å². The van der Waals surface area contributed by atoms with Gasteiger partial charge in [0, 0.05) is 22.1 Å². The molecule has 9 rings (SSSR count). The van der Waals surface area contributed by atoms with Gasteiger partial charge in [-0.3, -0.25) is 0 Å². The third kappa shape index (κ3) is 8.21. The first-order valence-electron chi connectivity index (χ1n) is 18.8. The molecule has 8 nitrogen and oxygen atoms in total. The molecular formula is C48H46CoN8. The van der Waals surface area contributed by atoms with E-state index in [0.29, 0.717) is 26.2 Å². The number of hydrogen-bond acceptors (Lipinski definition) is 6. The molecule has 8 bridgehead atoms. The van der Waals surface area contributed by atoms with Crippen molar-refractivity contribution in [1.29, 1.82) is 0 Å². The van der Waals surface area contributed by atoms with Crippen LogP contribution in [-0.2, 0) is 38.8 Å². The maximum atomic E-state index is 5.91. The molecule has 0 unspecified atom stereocenters. The summed E-state index contributed by atoms with van der Waals surface area (Å²) in [5.41, 5.74) is 36.0. The molecule has 7 aromatic rings. The number of fused-ring (bicyclic) bond motifs is 8. The van der Waals surface area contributed by atoms with Gasteiger partial charge in [0.05, 0.1) is 22.8 Å². The molecule has 0 amide bonds. The van der Waals surface area contributed by atoms with E-state index < -0.39 is 12.6 Å². The summed E-state index contributed by atoms with van der Waals surface area (Å²) in [6.45, 7) is 2.08. The molecule has 2 aliphatic rings. The number of nitrogens with zero attached hydrogens (tertiary/aromatic N) is 2. The molecule has 0 fully saturated rings. The van der Waals surface area contributed by atoms with Crippen molar-refractivity contribution in [1.82, 2.24) is 19.9 Å². The van der Waals surface area contributed by atoms with Crippen LogP contribution in [0, 0.1) is 0 Å². The van der Waals surface area contributed by atoms with Crippen molar-refractivity contribution in [2.45, 2.75) is 26.2 Å². The third-order valence-electron chi connectivity index (χ3n) is 9.73. The van der Waals surface area contributed by atoms with Crippen LogP contribution < -0.4 is 40.9 Å². The summed E-state index contributed by atoms with van der Waals surface area (Å²) in [4.78, 5) is 16.0. The van der Waals surface area contributed by atoms with Gasteiger partial charge in [-0.25, -0.2) is 9.97 Å². The molecule has 57 heavy (non-hydrogen) atoms. The van der Waals surface area contributed by atoms with Gasteiger partial charge in [0.25, 0.3) is 0 Å². The van der Waals surface area contributed by atoms with E-state index in [0.717, 1.165) is 67.1 Å². The zero-order valence-corrected chi connectivity index (χ0v) is 32.6. The molecular weight excluding hydrogens is 748 g/mol. The van der Waals surface area contributed by atoms with Gasteiger partial charge in [-0.2, -0.15) is 0 Å². The van der Waals surface area contributed by atoms with Gasteiger partial charge in [0.2, 0.25) is 0 Å². The molecule has 0 saturated carbocycles. The number of aromatic amines is 2. The Morgan fingerprint density at radius 3 is 0.772 bits per heavy atom. The third-order valence-corrected chi connectivity index (χ3v) is 14.7. The number of rotatable bonds is 8. The summed E-state index contributed by atoms with van der Waals surface area (Å²) in [6.07, 6.45) is 8.09. The van der Waals surface area contributed by atoms with Crippen molar-refractivity contribution in [3.8, 4) is 0 Å². The van der Waals surface area contributed by atoms with Crippen LogP contribution in [0.5, 0.6) is 0 Å². The molecule has 4 aromatic carbocycles. The molecule has 0 saturated heterocycles. The van der Waals surface area contributed by atoms with Crippen LogP contribution in [0.2, 0.25) is 0 Å². The number of nitrogens with one attached hydrogen (secondary N) is 2. The van der Waals surface area contributed by atoms with E-state index in [9.17, 15) is 0 Å². The van der Waals surface area contributed by atoms with Crippen LogP contribution in [0.15, 0.2) is 146 Å². The quantitative estimate of drug-likeness (QED) is 0.112. The van der Waals surface area contributed by atoms with Crippen LogP contribution >= 0.6 is 0 Å². The Labute approximate surface area is 335 Å². The predicted octanol–water partition coefficient (Wildman–Crippen LogP) is 5.93. The van der Waals surface area contributed by atoms with E-state index in [2.05, 4.69) is 141 Å². The van der Waals surface area contributed by atoms with Gasteiger partial charge in [-0.05, 0) is 72.8 Å². The first kappa shape index (κ1) is 37.7. The normalized spacial score (nSPS) is 12.3. The van der Waals surface area contributed by atoms with Gasteiger partial charge < -0.3 is 9.97 Å². The molecule has 2 aliphatic heterocycles. The molecule has 0 aliphatic carbocycles. The zero-order valence-electron chi connectivity index (χ0n) is 31.5. The molecule has 10 N–H and O–H groups in total. The summed E-state index contributed by atoms with van der Waals surface area (Å²) in [5, 5.41) is 0. The predicted molar refractivity (Wildman–Crippen MR) is 235 cm³/mol. The summed E-state index contributed by atoms with van der Waals surface area (Å²) >= 11 is -2.16. The minimum absolute atomic E-state index is 0.521. The Bertz CT molecular complexity index is 2340. The van der Waals surface area contributed by atoms with E-state index in [1.807, 2.05) is 48.6 Å². The average molecular weight is 794 g/mol. The maximum absolute atomic E-state index is 5.91. The molecule has 3 aromatic heterocycles. The van der Waals surface area contributed by atoms with Gasteiger partial charge in [-0.15, -0.1) is 0 Å². The Morgan fingerprint density at radius 2 is 0.561 bits per heavy atom. The molecule has 287 valence electrons. The fourth-order valence-electron chi connectivity index (χ4n) is 6.73. The fourth-order valence-corrected chi connectivity index (χ4v) is 11.6. The molecule has 0 radical (unpaired) electrons. The Kier molecular flexibility index (Phi) is 11.2. The zero-order chi connectivity index (χ0) is 39.2. The first-order chi connectivity index (χ1) is 27.9. The monoisotopic (exact) mass is 793 g/mol. The average Bonchev–Trinajstić information content (AvgIpc) is 4.10. The van der Waals surface area contributed by atoms with Crippen LogP contribution in [0.1, 0.15) is 45.0 Å². The van der Waals surface area contributed by atoms with E-state index in [1.165, 1.54) is 18.0 Å². The van der Waals surface area contributed by atoms with E-state index in [4.69, 9.17) is 22.9 Å². The van der Waals surface area contributed by atoms with E-state index in [-0.39, 0.29) is 0 Å². The molecule has 5 heterocycles. The number of hydrogen-bond donors (Lipinski definition) is 6. The van der Waals surface area contributed by atoms with Crippen molar-refractivity contribution >= 4 is 64.4 Å². The Balaban J connectivity index is 0.000000167. The summed E-state index contributed by atoms with van der Waals surface area (Å²) in [7, 11) is 0. The van der Waals surface area contributed by atoms with Crippen LogP contribution in [0.4, 0.5) is 0 Å². The van der Waals surface area contributed by atoms with Crippen molar-refractivity contribution in [3.05, 3.63) is 191 Å². The van der Waals surface area contributed by atoms with Crippen LogP contribution in [0.25, 0.3) is 46.4 Å². The fraction of sp³-hybridized carbons (Fsp3) is 0.0833. The van der Waals surface area contributed by atoms with Gasteiger partial charge in [0.1, 0.15) is 0 Å². The standard InChI is InChI=1S/C20H14N4.4C7H8N.Co/c1-2-14-10-16-5-6-18(23-16)12-20-8-7-19(24-20)11-17-4-3-15(22-17)9-13(1)21-14;4*8-6-7-4-2-1-3-5-7;/h1-12,21,24H;4*2-5H,6,8H2;. The first-order valence-corrected chi connectivity index (χ1v) is 20.9. The Morgan fingerprint density at radius 1 is 0.333 bits per heavy atom. The summed E-state index contributed by atoms with van der Waals surface area (Å²) in [5.74, 6) is 0. The van der Waals surface area contributed by atoms with Crippen molar-refractivity contribution in [3.63, 3.8) is 0 Å².